The SMILES string of the molecule is COc1c(C(=O)Nc2nnn[nH]2)n(Cc2ccccc2)c2ccccc12. The first-order valence-corrected chi connectivity index (χ1v) is 8.02. The van der Waals surface area contributed by atoms with Crippen molar-refractivity contribution in [3.8, 4) is 5.75 Å². The van der Waals surface area contributed by atoms with Gasteiger partial charge in [0.1, 0.15) is 0 Å². The van der Waals surface area contributed by atoms with E-state index in [0.29, 0.717) is 18.0 Å². The third-order valence-corrected chi connectivity index (χ3v) is 4.10. The molecule has 8 heteroatoms. The quantitative estimate of drug-likeness (QED) is 0.577. The monoisotopic (exact) mass is 348 g/mol. The molecule has 2 heterocycles. The van der Waals surface area contributed by atoms with Gasteiger partial charge in [0, 0.05) is 11.9 Å². The van der Waals surface area contributed by atoms with Crippen molar-refractivity contribution in [2.24, 2.45) is 0 Å². The van der Waals surface area contributed by atoms with E-state index in [4.69, 9.17) is 4.74 Å². The predicted molar refractivity (Wildman–Crippen MR) is 96.2 cm³/mol. The van der Waals surface area contributed by atoms with Gasteiger partial charge in [0.2, 0.25) is 5.95 Å². The minimum atomic E-state index is -0.354. The van der Waals surface area contributed by atoms with Crippen LogP contribution in [0.5, 0.6) is 5.75 Å². The van der Waals surface area contributed by atoms with Gasteiger partial charge in [-0.15, -0.1) is 0 Å². The molecule has 0 unspecified atom stereocenters. The summed E-state index contributed by atoms with van der Waals surface area (Å²) in [6.07, 6.45) is 0. The Bertz CT molecular complexity index is 1040. The number of tetrazole rings is 1. The molecule has 0 spiro atoms. The highest BCUT2D eigenvalue weighted by molar-refractivity contribution is 6.09. The van der Waals surface area contributed by atoms with Gasteiger partial charge in [-0.1, -0.05) is 47.6 Å². The molecule has 8 nitrogen and oxygen atoms in total. The van der Waals surface area contributed by atoms with E-state index in [1.165, 1.54) is 0 Å². The van der Waals surface area contributed by atoms with E-state index in [1.807, 2.05) is 59.2 Å². The van der Waals surface area contributed by atoms with Crippen LogP contribution in [0.2, 0.25) is 0 Å². The van der Waals surface area contributed by atoms with Crippen molar-refractivity contribution in [1.82, 2.24) is 25.2 Å². The Balaban J connectivity index is 1.86. The molecule has 0 bridgehead atoms. The number of nitrogens with one attached hydrogen (secondary N) is 2. The second-order valence-electron chi connectivity index (χ2n) is 5.67. The Kier molecular flexibility index (Phi) is 4.06. The molecule has 26 heavy (non-hydrogen) atoms. The molecule has 0 saturated heterocycles. The van der Waals surface area contributed by atoms with E-state index in [-0.39, 0.29) is 11.9 Å². The molecule has 2 aromatic heterocycles. The Morgan fingerprint density at radius 3 is 2.65 bits per heavy atom. The summed E-state index contributed by atoms with van der Waals surface area (Å²) >= 11 is 0. The molecule has 0 aliphatic carbocycles. The van der Waals surface area contributed by atoms with E-state index in [2.05, 4.69) is 25.9 Å². The number of carbonyl (C=O) groups excluding carboxylic acids is 1. The molecular formula is C18H16N6O2. The fourth-order valence-electron chi connectivity index (χ4n) is 3.01. The van der Waals surface area contributed by atoms with E-state index in [1.54, 1.807) is 7.11 Å². The third-order valence-electron chi connectivity index (χ3n) is 4.10. The number of H-pyrrole nitrogens is 1. The van der Waals surface area contributed by atoms with Crippen LogP contribution in [0.15, 0.2) is 54.6 Å². The van der Waals surface area contributed by atoms with Crippen LogP contribution >= 0.6 is 0 Å². The number of methoxy groups -OCH3 is 1. The number of carbonyl (C=O) groups is 1. The largest absolute Gasteiger partial charge is 0.494 e. The first-order chi connectivity index (χ1) is 12.8. The number of benzene rings is 2. The minimum absolute atomic E-state index is 0.175. The average Bonchev–Trinajstić information content (AvgIpc) is 3.28. The Labute approximate surface area is 148 Å². The summed E-state index contributed by atoms with van der Waals surface area (Å²) in [5.74, 6) is 0.336. The summed E-state index contributed by atoms with van der Waals surface area (Å²) in [6.45, 7) is 0.530. The summed E-state index contributed by atoms with van der Waals surface area (Å²) in [5.41, 5.74) is 2.40. The molecule has 4 rings (SSSR count). The molecule has 1 amide bonds. The second-order valence-corrected chi connectivity index (χ2v) is 5.67. The van der Waals surface area contributed by atoms with E-state index in [0.717, 1.165) is 16.5 Å². The summed E-state index contributed by atoms with van der Waals surface area (Å²) in [7, 11) is 1.56. The number of hydrogen-bond donors (Lipinski definition) is 2. The van der Waals surface area contributed by atoms with Gasteiger partial charge in [-0.25, -0.2) is 5.10 Å². The van der Waals surface area contributed by atoms with Crippen molar-refractivity contribution < 1.29 is 9.53 Å². The highest BCUT2D eigenvalue weighted by atomic mass is 16.5. The summed E-state index contributed by atoms with van der Waals surface area (Å²) in [4.78, 5) is 12.9. The maximum Gasteiger partial charge on any atom is 0.278 e. The fourth-order valence-corrected chi connectivity index (χ4v) is 3.01. The zero-order valence-corrected chi connectivity index (χ0v) is 14.0. The number of fused-ring (bicyclic) bond motifs is 1. The summed E-state index contributed by atoms with van der Waals surface area (Å²) < 4.78 is 7.51. The molecule has 0 aliphatic heterocycles. The number of aromatic amines is 1. The molecule has 0 radical (unpaired) electrons. The highest BCUT2D eigenvalue weighted by Gasteiger charge is 2.24. The normalized spacial score (nSPS) is 10.8. The number of hydrogen-bond acceptors (Lipinski definition) is 5. The van der Waals surface area contributed by atoms with Crippen molar-refractivity contribution in [1.29, 1.82) is 0 Å². The summed E-state index contributed by atoms with van der Waals surface area (Å²) in [5, 5.41) is 16.7. The molecule has 0 aliphatic rings. The number of aromatic nitrogens is 5. The average molecular weight is 348 g/mol. The van der Waals surface area contributed by atoms with Crippen LogP contribution in [0, 0.1) is 0 Å². The summed E-state index contributed by atoms with van der Waals surface area (Å²) in [6, 6.07) is 17.7. The first-order valence-electron chi connectivity index (χ1n) is 8.02. The standard InChI is InChI=1S/C18H16N6O2/c1-26-16-13-9-5-6-10-14(13)24(11-12-7-3-2-4-8-12)15(16)17(25)19-18-20-22-23-21-18/h2-10H,11H2,1H3,(H2,19,20,21,22,23,25). The molecule has 130 valence electrons. The minimum Gasteiger partial charge on any atom is -0.494 e. The molecule has 0 fully saturated rings. The zero-order chi connectivity index (χ0) is 17.9. The predicted octanol–water partition coefficient (Wildman–Crippen LogP) is 2.46. The molecule has 4 aromatic rings. The molecule has 0 atom stereocenters. The number of anilines is 1. The molecule has 2 N–H and O–H groups in total. The third kappa shape index (κ3) is 2.77. The lowest BCUT2D eigenvalue weighted by Gasteiger charge is -2.11. The van der Waals surface area contributed by atoms with Crippen LogP contribution in [0.3, 0.4) is 0 Å². The molecule has 0 saturated carbocycles. The van der Waals surface area contributed by atoms with E-state index >= 15 is 0 Å². The van der Waals surface area contributed by atoms with E-state index < -0.39 is 0 Å². The Hall–Kier alpha value is -3.68. The van der Waals surface area contributed by atoms with Gasteiger partial charge in [-0.3, -0.25) is 10.1 Å². The van der Waals surface area contributed by atoms with Gasteiger partial charge in [0.15, 0.2) is 11.4 Å². The maximum absolute atomic E-state index is 12.9. The van der Waals surface area contributed by atoms with E-state index in [9.17, 15) is 4.79 Å². The van der Waals surface area contributed by atoms with Crippen LogP contribution in [-0.2, 0) is 6.54 Å². The zero-order valence-electron chi connectivity index (χ0n) is 14.0. The number of nitrogens with zero attached hydrogens (tertiary/aromatic N) is 4. The Morgan fingerprint density at radius 2 is 1.92 bits per heavy atom. The number of amides is 1. The van der Waals surface area contributed by atoms with Gasteiger partial charge in [-0.2, -0.15) is 0 Å². The van der Waals surface area contributed by atoms with Crippen LogP contribution in [0.25, 0.3) is 10.9 Å². The fraction of sp³-hybridized carbons (Fsp3) is 0.111. The van der Waals surface area contributed by atoms with Crippen molar-refractivity contribution in [2.45, 2.75) is 6.54 Å². The van der Waals surface area contributed by atoms with Gasteiger partial charge in [0.25, 0.3) is 5.91 Å². The topological polar surface area (TPSA) is 97.7 Å². The lowest BCUT2D eigenvalue weighted by molar-refractivity contribution is 0.101. The second kappa shape index (κ2) is 6.67. The van der Waals surface area contributed by atoms with Crippen molar-refractivity contribution in [3.63, 3.8) is 0 Å². The van der Waals surface area contributed by atoms with Crippen LogP contribution in [0.1, 0.15) is 16.1 Å². The number of ether oxygens (including phenoxy) is 1. The van der Waals surface area contributed by atoms with Crippen molar-refractivity contribution >= 4 is 22.8 Å². The van der Waals surface area contributed by atoms with Gasteiger partial charge in [-0.05, 0) is 28.1 Å². The smallest absolute Gasteiger partial charge is 0.278 e. The number of rotatable bonds is 5. The van der Waals surface area contributed by atoms with Crippen LogP contribution < -0.4 is 10.1 Å². The van der Waals surface area contributed by atoms with Gasteiger partial charge in [0.05, 0.1) is 12.6 Å². The van der Waals surface area contributed by atoms with Crippen molar-refractivity contribution in [2.75, 3.05) is 12.4 Å². The van der Waals surface area contributed by atoms with Crippen molar-refractivity contribution in [3.05, 3.63) is 65.9 Å². The lowest BCUT2D eigenvalue weighted by atomic mass is 10.2. The lowest BCUT2D eigenvalue weighted by Crippen LogP contribution is -2.19. The molecular weight excluding hydrogens is 332 g/mol. The van der Waals surface area contributed by atoms with Gasteiger partial charge < -0.3 is 9.30 Å². The Morgan fingerprint density at radius 1 is 1.15 bits per heavy atom. The molecule has 2 aromatic carbocycles. The first kappa shape index (κ1) is 15.8. The number of para-hydroxylation sites is 1. The highest BCUT2D eigenvalue weighted by Crippen LogP contribution is 2.34. The van der Waals surface area contributed by atoms with Crippen LogP contribution in [0.4, 0.5) is 5.95 Å². The maximum atomic E-state index is 12.9. The van der Waals surface area contributed by atoms with Crippen LogP contribution in [-0.4, -0.2) is 38.2 Å². The van der Waals surface area contributed by atoms with Gasteiger partial charge >= 0.3 is 0 Å².